The zero-order valence-corrected chi connectivity index (χ0v) is 9.36. The van der Waals surface area contributed by atoms with E-state index in [9.17, 15) is 4.79 Å². The van der Waals surface area contributed by atoms with Crippen LogP contribution in [0.5, 0.6) is 11.5 Å². The molecule has 1 aliphatic rings. The van der Waals surface area contributed by atoms with Crippen molar-refractivity contribution in [1.82, 2.24) is 0 Å². The van der Waals surface area contributed by atoms with Crippen molar-refractivity contribution >= 4 is 5.97 Å². The number of para-hydroxylation sites is 1. The molecule has 0 amide bonds. The maximum Gasteiger partial charge on any atom is 0.308 e. The molecule has 2 rings (SSSR count). The predicted octanol–water partition coefficient (Wildman–Crippen LogP) is 1.70. The highest BCUT2D eigenvalue weighted by Gasteiger charge is 2.24. The lowest BCUT2D eigenvalue weighted by Gasteiger charge is -2.12. The highest BCUT2D eigenvalue weighted by Crippen LogP contribution is 2.31. The maximum absolute atomic E-state index is 10.9. The van der Waals surface area contributed by atoms with Gasteiger partial charge in [0.2, 0.25) is 0 Å². The number of benzene rings is 1. The fraction of sp³-hybridized carbons (Fsp3) is 0.417. The molecule has 0 radical (unpaired) electrons. The van der Waals surface area contributed by atoms with Gasteiger partial charge in [-0.05, 0) is 18.6 Å². The summed E-state index contributed by atoms with van der Waals surface area (Å²) in [6.07, 6.45) is 0.185. The molecule has 0 bridgehead atoms. The molecule has 0 saturated carbocycles. The van der Waals surface area contributed by atoms with Gasteiger partial charge in [-0.1, -0.05) is 12.1 Å². The van der Waals surface area contributed by atoms with Gasteiger partial charge in [-0.3, -0.25) is 4.79 Å². The van der Waals surface area contributed by atoms with E-state index in [1.807, 2.05) is 19.1 Å². The minimum atomic E-state index is -0.349. The number of aryl methyl sites for hydroxylation is 1. The third-order valence-corrected chi connectivity index (χ3v) is 2.25. The largest absolute Gasteiger partial charge is 0.487 e. The first kappa shape index (κ1) is 11.0. The Kier molecular flexibility index (Phi) is 3.10. The lowest BCUT2D eigenvalue weighted by molar-refractivity contribution is -0.132. The molecule has 4 heteroatoms. The molecule has 1 fully saturated rings. The van der Waals surface area contributed by atoms with E-state index in [0.717, 1.165) is 12.2 Å². The number of esters is 1. The third kappa shape index (κ3) is 2.73. The normalized spacial score (nSPS) is 18.0. The second-order valence-corrected chi connectivity index (χ2v) is 3.76. The van der Waals surface area contributed by atoms with Gasteiger partial charge in [0, 0.05) is 6.92 Å². The Balaban J connectivity index is 2.13. The standard InChI is InChI=1S/C12H14O4/c1-8-4-3-5-11(16-9(2)13)12(8)15-7-10-6-14-10/h3-5,10H,6-7H2,1-2H3. The average molecular weight is 222 g/mol. The van der Waals surface area contributed by atoms with Crippen LogP contribution in [0.4, 0.5) is 0 Å². The molecule has 4 nitrogen and oxygen atoms in total. The summed E-state index contributed by atoms with van der Waals surface area (Å²) in [7, 11) is 0. The van der Waals surface area contributed by atoms with Crippen LogP contribution in [0.15, 0.2) is 18.2 Å². The number of epoxide rings is 1. The first-order chi connectivity index (χ1) is 7.66. The third-order valence-electron chi connectivity index (χ3n) is 2.25. The zero-order chi connectivity index (χ0) is 11.5. The SMILES string of the molecule is CC(=O)Oc1cccc(C)c1OCC1CO1. The molecule has 1 aromatic carbocycles. The Hall–Kier alpha value is -1.55. The lowest BCUT2D eigenvalue weighted by Crippen LogP contribution is -2.08. The lowest BCUT2D eigenvalue weighted by atomic mass is 10.2. The molecule has 0 spiro atoms. The molecule has 0 aliphatic carbocycles. The second-order valence-electron chi connectivity index (χ2n) is 3.76. The van der Waals surface area contributed by atoms with Gasteiger partial charge in [0.05, 0.1) is 6.61 Å². The summed E-state index contributed by atoms with van der Waals surface area (Å²) in [5.41, 5.74) is 0.944. The summed E-state index contributed by atoms with van der Waals surface area (Å²) in [5.74, 6) is 0.736. The summed E-state index contributed by atoms with van der Waals surface area (Å²) in [6, 6.07) is 5.46. The van der Waals surface area contributed by atoms with Crippen LogP contribution in [-0.2, 0) is 9.53 Å². The zero-order valence-electron chi connectivity index (χ0n) is 9.36. The number of carbonyl (C=O) groups is 1. The summed E-state index contributed by atoms with van der Waals surface area (Å²) in [5, 5.41) is 0. The topological polar surface area (TPSA) is 48.1 Å². The molecule has 16 heavy (non-hydrogen) atoms. The van der Waals surface area contributed by atoms with Crippen molar-refractivity contribution in [1.29, 1.82) is 0 Å². The van der Waals surface area contributed by atoms with Crippen molar-refractivity contribution in [2.75, 3.05) is 13.2 Å². The number of hydrogen-bond acceptors (Lipinski definition) is 4. The van der Waals surface area contributed by atoms with Crippen LogP contribution < -0.4 is 9.47 Å². The monoisotopic (exact) mass is 222 g/mol. The van der Waals surface area contributed by atoms with Crippen molar-refractivity contribution in [2.24, 2.45) is 0 Å². The van der Waals surface area contributed by atoms with Crippen LogP contribution in [0, 0.1) is 6.92 Å². The molecule has 1 aromatic rings. The highest BCUT2D eigenvalue weighted by molar-refractivity contribution is 5.70. The van der Waals surface area contributed by atoms with Gasteiger partial charge in [0.25, 0.3) is 0 Å². The maximum atomic E-state index is 10.9. The summed E-state index contributed by atoms with van der Waals surface area (Å²) < 4.78 is 15.7. The van der Waals surface area contributed by atoms with Crippen LogP contribution in [0.2, 0.25) is 0 Å². The van der Waals surface area contributed by atoms with E-state index in [-0.39, 0.29) is 12.1 Å². The highest BCUT2D eigenvalue weighted by atomic mass is 16.6. The smallest absolute Gasteiger partial charge is 0.308 e. The summed E-state index contributed by atoms with van der Waals surface area (Å²) in [4.78, 5) is 10.9. The molecule has 0 N–H and O–H groups in total. The van der Waals surface area contributed by atoms with Gasteiger partial charge in [-0.25, -0.2) is 0 Å². The van der Waals surface area contributed by atoms with Crippen molar-refractivity contribution in [3.8, 4) is 11.5 Å². The van der Waals surface area contributed by atoms with Crippen molar-refractivity contribution in [2.45, 2.75) is 20.0 Å². The minimum Gasteiger partial charge on any atom is -0.487 e. The first-order valence-electron chi connectivity index (χ1n) is 5.19. The van der Waals surface area contributed by atoms with Gasteiger partial charge >= 0.3 is 5.97 Å². The Morgan fingerprint density at radius 2 is 2.31 bits per heavy atom. The minimum absolute atomic E-state index is 0.185. The summed E-state index contributed by atoms with van der Waals surface area (Å²) >= 11 is 0. The fourth-order valence-corrected chi connectivity index (χ4v) is 1.39. The Morgan fingerprint density at radius 1 is 1.56 bits per heavy atom. The van der Waals surface area contributed by atoms with Crippen LogP contribution in [0.25, 0.3) is 0 Å². The Bertz CT molecular complexity index is 396. The molecule has 1 aliphatic heterocycles. The van der Waals surface area contributed by atoms with Crippen LogP contribution in [-0.4, -0.2) is 25.3 Å². The van der Waals surface area contributed by atoms with E-state index in [0.29, 0.717) is 18.1 Å². The van der Waals surface area contributed by atoms with Gasteiger partial charge in [0.1, 0.15) is 12.7 Å². The molecular weight excluding hydrogens is 208 g/mol. The van der Waals surface area contributed by atoms with E-state index >= 15 is 0 Å². The molecule has 1 unspecified atom stereocenters. The van der Waals surface area contributed by atoms with Gasteiger partial charge in [0.15, 0.2) is 11.5 Å². The van der Waals surface area contributed by atoms with E-state index in [1.165, 1.54) is 6.92 Å². The molecule has 1 saturated heterocycles. The van der Waals surface area contributed by atoms with E-state index in [4.69, 9.17) is 14.2 Å². The average Bonchev–Trinajstić information content (AvgIpc) is 2.99. The number of rotatable bonds is 4. The predicted molar refractivity (Wildman–Crippen MR) is 57.7 cm³/mol. The number of hydrogen-bond donors (Lipinski definition) is 0. The first-order valence-corrected chi connectivity index (χ1v) is 5.19. The van der Waals surface area contributed by atoms with Crippen LogP contribution in [0.1, 0.15) is 12.5 Å². The van der Waals surface area contributed by atoms with Crippen LogP contribution >= 0.6 is 0 Å². The Morgan fingerprint density at radius 3 is 2.94 bits per heavy atom. The molecular formula is C12H14O4. The Labute approximate surface area is 94.1 Å². The summed E-state index contributed by atoms with van der Waals surface area (Å²) in [6.45, 7) is 4.53. The van der Waals surface area contributed by atoms with Gasteiger partial charge < -0.3 is 14.2 Å². The second kappa shape index (κ2) is 4.53. The number of carbonyl (C=O) groups excluding carboxylic acids is 1. The van der Waals surface area contributed by atoms with Crippen molar-refractivity contribution < 1.29 is 19.0 Å². The van der Waals surface area contributed by atoms with Gasteiger partial charge in [-0.15, -0.1) is 0 Å². The molecule has 1 heterocycles. The van der Waals surface area contributed by atoms with E-state index in [2.05, 4.69) is 0 Å². The van der Waals surface area contributed by atoms with Crippen molar-refractivity contribution in [3.63, 3.8) is 0 Å². The van der Waals surface area contributed by atoms with E-state index in [1.54, 1.807) is 6.07 Å². The molecule has 0 aromatic heterocycles. The number of ether oxygens (including phenoxy) is 3. The van der Waals surface area contributed by atoms with Crippen molar-refractivity contribution in [3.05, 3.63) is 23.8 Å². The molecule has 1 atom stereocenters. The molecule has 86 valence electrons. The quantitative estimate of drug-likeness (QED) is 0.442. The van der Waals surface area contributed by atoms with Crippen LogP contribution in [0.3, 0.4) is 0 Å². The van der Waals surface area contributed by atoms with Gasteiger partial charge in [-0.2, -0.15) is 0 Å². The fourth-order valence-electron chi connectivity index (χ4n) is 1.39. The van der Waals surface area contributed by atoms with E-state index < -0.39 is 0 Å².